The fraction of sp³-hybridized carbons (Fsp3) is 0.360. The molecule has 0 bridgehead atoms. The number of fused-ring (bicyclic) bond motifs is 1. The van der Waals surface area contributed by atoms with Crippen LogP contribution in [0.1, 0.15) is 44.7 Å². The Morgan fingerprint density at radius 3 is 2.66 bits per heavy atom. The molecule has 170 valence electrons. The van der Waals surface area contributed by atoms with E-state index in [1.54, 1.807) is 23.9 Å². The average molecular weight is 475 g/mol. The van der Waals surface area contributed by atoms with E-state index in [1.807, 2.05) is 31.2 Å². The number of hydrogen-bond donors (Lipinski definition) is 0. The summed E-state index contributed by atoms with van der Waals surface area (Å²) >= 11 is 7.91. The third kappa shape index (κ3) is 6.08. The molecule has 3 rings (SSSR count). The molecular formula is C25H27ClO5S. The summed E-state index contributed by atoms with van der Waals surface area (Å²) in [4.78, 5) is 24.2. The van der Waals surface area contributed by atoms with Crippen molar-refractivity contribution in [2.24, 2.45) is 0 Å². The molecule has 7 heteroatoms. The normalized spacial score (nSPS) is 11.0. The number of hydrogen-bond acceptors (Lipinski definition) is 6. The van der Waals surface area contributed by atoms with Crippen LogP contribution in [0.25, 0.3) is 11.0 Å². The number of halogens is 1. The maximum atomic E-state index is 12.2. The Morgan fingerprint density at radius 1 is 1.16 bits per heavy atom. The summed E-state index contributed by atoms with van der Waals surface area (Å²) in [6.45, 7) is 5.93. The highest BCUT2D eigenvalue weighted by Crippen LogP contribution is 2.32. The SMILES string of the molecule is CCCc1c(OCCCSc2ccc(OC(C)=O)cc2Cl)ccc2cc(CC)c(=O)oc12. The minimum Gasteiger partial charge on any atom is -0.493 e. The Kier molecular flexibility index (Phi) is 8.65. The first kappa shape index (κ1) is 24.2. The van der Waals surface area contributed by atoms with Gasteiger partial charge >= 0.3 is 11.6 Å². The number of benzene rings is 2. The van der Waals surface area contributed by atoms with Crippen LogP contribution < -0.4 is 15.1 Å². The van der Waals surface area contributed by atoms with E-state index in [9.17, 15) is 9.59 Å². The summed E-state index contributed by atoms with van der Waals surface area (Å²) in [7, 11) is 0. The van der Waals surface area contributed by atoms with Gasteiger partial charge in [-0.1, -0.05) is 31.9 Å². The molecule has 0 saturated heterocycles. The van der Waals surface area contributed by atoms with E-state index in [4.69, 9.17) is 25.5 Å². The summed E-state index contributed by atoms with van der Waals surface area (Å²) < 4.78 is 16.8. The second kappa shape index (κ2) is 11.4. The Hall–Kier alpha value is -2.44. The summed E-state index contributed by atoms with van der Waals surface area (Å²) in [6.07, 6.45) is 3.16. The van der Waals surface area contributed by atoms with Crippen molar-refractivity contribution in [1.29, 1.82) is 0 Å². The zero-order chi connectivity index (χ0) is 23.1. The summed E-state index contributed by atoms with van der Waals surface area (Å²) in [5.41, 5.74) is 1.98. The molecule has 0 amide bonds. The molecule has 0 saturated carbocycles. The van der Waals surface area contributed by atoms with E-state index in [0.717, 1.165) is 46.6 Å². The first-order valence-electron chi connectivity index (χ1n) is 10.7. The van der Waals surface area contributed by atoms with Crippen molar-refractivity contribution in [1.82, 2.24) is 0 Å². The van der Waals surface area contributed by atoms with E-state index < -0.39 is 0 Å². The summed E-state index contributed by atoms with van der Waals surface area (Å²) in [5, 5.41) is 1.48. The van der Waals surface area contributed by atoms with Crippen molar-refractivity contribution in [2.75, 3.05) is 12.4 Å². The molecule has 0 spiro atoms. The fourth-order valence-electron chi connectivity index (χ4n) is 3.39. The number of carbonyl (C=O) groups excluding carboxylic acids is 1. The molecule has 0 fully saturated rings. The third-order valence-corrected chi connectivity index (χ3v) is 6.47. The van der Waals surface area contributed by atoms with Crippen LogP contribution >= 0.6 is 23.4 Å². The van der Waals surface area contributed by atoms with Gasteiger partial charge in [0.25, 0.3) is 0 Å². The zero-order valence-corrected chi connectivity index (χ0v) is 20.1. The van der Waals surface area contributed by atoms with Gasteiger partial charge in [-0.3, -0.25) is 4.79 Å². The predicted octanol–water partition coefficient (Wildman–Crippen LogP) is 6.45. The standard InChI is InChI=1S/C25H27ClO5S/c1-4-7-20-22(10-8-18-14-17(5-2)25(28)31-24(18)20)29-12-6-13-32-23-11-9-19(15-21(23)26)30-16(3)27/h8-11,14-15H,4-7,12-13H2,1-3H3. The minimum atomic E-state index is -0.375. The second-order valence-electron chi connectivity index (χ2n) is 7.36. The van der Waals surface area contributed by atoms with Crippen molar-refractivity contribution < 1.29 is 18.7 Å². The van der Waals surface area contributed by atoms with Crippen molar-refractivity contribution >= 4 is 40.3 Å². The van der Waals surface area contributed by atoms with Gasteiger partial charge < -0.3 is 13.9 Å². The van der Waals surface area contributed by atoms with Crippen molar-refractivity contribution in [3.8, 4) is 11.5 Å². The van der Waals surface area contributed by atoms with Gasteiger partial charge in [-0.2, -0.15) is 0 Å². The maximum Gasteiger partial charge on any atom is 0.339 e. The van der Waals surface area contributed by atoms with Crippen LogP contribution in [-0.2, 0) is 17.6 Å². The minimum absolute atomic E-state index is 0.275. The van der Waals surface area contributed by atoms with Crippen LogP contribution in [0.15, 0.2) is 50.5 Å². The Bertz CT molecular complexity index is 1160. The molecule has 32 heavy (non-hydrogen) atoms. The highest BCUT2D eigenvalue weighted by Gasteiger charge is 2.13. The quantitative estimate of drug-likeness (QED) is 0.111. The summed E-state index contributed by atoms with van der Waals surface area (Å²) in [5.74, 6) is 1.64. The van der Waals surface area contributed by atoms with E-state index in [-0.39, 0.29) is 11.6 Å². The third-order valence-electron chi connectivity index (χ3n) is 4.88. The topological polar surface area (TPSA) is 65.7 Å². The van der Waals surface area contributed by atoms with Gasteiger partial charge in [0.15, 0.2) is 0 Å². The molecule has 1 aromatic heterocycles. The van der Waals surface area contributed by atoms with Gasteiger partial charge in [0.1, 0.15) is 17.1 Å². The van der Waals surface area contributed by atoms with Crippen molar-refractivity contribution in [2.45, 2.75) is 51.3 Å². The van der Waals surface area contributed by atoms with Crippen LogP contribution in [-0.4, -0.2) is 18.3 Å². The number of aryl methyl sites for hydroxylation is 2. The van der Waals surface area contributed by atoms with Crippen LogP contribution in [0.4, 0.5) is 0 Å². The Balaban J connectivity index is 1.62. The van der Waals surface area contributed by atoms with Crippen LogP contribution in [0.3, 0.4) is 0 Å². The van der Waals surface area contributed by atoms with Gasteiger partial charge in [0.2, 0.25) is 0 Å². The number of rotatable bonds is 10. The van der Waals surface area contributed by atoms with Crippen molar-refractivity contribution in [3.05, 3.63) is 63.0 Å². The van der Waals surface area contributed by atoms with E-state index in [1.165, 1.54) is 6.92 Å². The van der Waals surface area contributed by atoms with Gasteiger partial charge in [-0.25, -0.2) is 4.79 Å². The molecule has 1 heterocycles. The lowest BCUT2D eigenvalue weighted by atomic mass is 10.0. The van der Waals surface area contributed by atoms with Crippen LogP contribution in [0.5, 0.6) is 11.5 Å². The lowest BCUT2D eigenvalue weighted by molar-refractivity contribution is -0.131. The van der Waals surface area contributed by atoms with Gasteiger partial charge in [-0.15, -0.1) is 11.8 Å². The molecule has 0 aliphatic carbocycles. The summed E-state index contributed by atoms with van der Waals surface area (Å²) in [6, 6.07) is 11.1. The van der Waals surface area contributed by atoms with E-state index in [2.05, 4.69) is 6.92 Å². The number of ether oxygens (including phenoxy) is 2. The average Bonchev–Trinajstić information content (AvgIpc) is 2.75. The Labute approximate surface area is 197 Å². The molecule has 0 radical (unpaired) electrons. The maximum absolute atomic E-state index is 12.2. The predicted molar refractivity (Wildman–Crippen MR) is 129 cm³/mol. The molecule has 5 nitrogen and oxygen atoms in total. The smallest absolute Gasteiger partial charge is 0.339 e. The van der Waals surface area contributed by atoms with Gasteiger partial charge in [-0.05, 0) is 49.6 Å². The lowest BCUT2D eigenvalue weighted by Crippen LogP contribution is -2.08. The molecule has 0 atom stereocenters. The van der Waals surface area contributed by atoms with Gasteiger partial charge in [0.05, 0.1) is 11.6 Å². The molecular weight excluding hydrogens is 448 g/mol. The molecule has 2 aromatic carbocycles. The lowest BCUT2D eigenvalue weighted by Gasteiger charge is -2.13. The Morgan fingerprint density at radius 2 is 1.97 bits per heavy atom. The first-order valence-corrected chi connectivity index (χ1v) is 12.1. The highest BCUT2D eigenvalue weighted by atomic mass is 35.5. The monoisotopic (exact) mass is 474 g/mol. The molecule has 0 aliphatic rings. The largest absolute Gasteiger partial charge is 0.493 e. The molecule has 0 aliphatic heterocycles. The number of esters is 1. The fourth-order valence-corrected chi connectivity index (χ4v) is 4.56. The van der Waals surface area contributed by atoms with E-state index in [0.29, 0.717) is 34.9 Å². The van der Waals surface area contributed by atoms with E-state index >= 15 is 0 Å². The molecule has 0 unspecified atom stereocenters. The zero-order valence-electron chi connectivity index (χ0n) is 18.5. The van der Waals surface area contributed by atoms with Crippen molar-refractivity contribution in [3.63, 3.8) is 0 Å². The first-order chi connectivity index (χ1) is 15.4. The molecule has 0 N–H and O–H groups in total. The van der Waals surface area contributed by atoms with Crippen LogP contribution in [0, 0.1) is 0 Å². The molecule has 3 aromatic rings. The number of thioether (sulfide) groups is 1. The number of carbonyl (C=O) groups is 1. The van der Waals surface area contributed by atoms with Crippen LogP contribution in [0.2, 0.25) is 5.02 Å². The second-order valence-corrected chi connectivity index (χ2v) is 8.90. The highest BCUT2D eigenvalue weighted by molar-refractivity contribution is 7.99. The van der Waals surface area contributed by atoms with Gasteiger partial charge in [0, 0.05) is 40.2 Å².